The molecule has 73 heavy (non-hydrogen) atoms. The van der Waals surface area contributed by atoms with Crippen molar-refractivity contribution in [3.8, 4) is 55.6 Å². The second-order valence-electron chi connectivity index (χ2n) is 19.8. The third-order valence-corrected chi connectivity index (χ3v) is 16.3. The van der Waals surface area contributed by atoms with Gasteiger partial charge in [0.2, 0.25) is 0 Å². The zero-order valence-corrected chi connectivity index (χ0v) is 40.1. The van der Waals surface area contributed by atoms with Crippen LogP contribution in [0.5, 0.6) is 0 Å². The van der Waals surface area contributed by atoms with E-state index in [0.717, 1.165) is 17.1 Å². The Kier molecular flexibility index (Phi) is 9.16. The zero-order chi connectivity index (χ0) is 48.1. The van der Waals surface area contributed by atoms with Gasteiger partial charge in [-0.2, -0.15) is 0 Å². The molecule has 1 spiro atoms. The lowest BCUT2D eigenvalue weighted by Crippen LogP contribution is -2.32. The van der Waals surface area contributed by atoms with Gasteiger partial charge in [-0.15, -0.1) is 0 Å². The highest BCUT2D eigenvalue weighted by Gasteiger charge is 2.52. The number of rotatable bonds is 7. The van der Waals surface area contributed by atoms with Crippen LogP contribution in [0.3, 0.4) is 0 Å². The summed E-state index contributed by atoms with van der Waals surface area (Å²) in [5.41, 5.74) is 24.9. The SMILES string of the molecule is c1ccc(-c2ccc(N(c3ccc4c(c3)C3(c5ccccc5-4)c4ccccc4-c4cccc5ccc(-c6ccccc6)c3c45)c3cccc4c3-c3ccccc3C4(c3ccccc3)c3ccccc3)cc2)cc1. The van der Waals surface area contributed by atoms with Crippen LogP contribution in [0.1, 0.15) is 44.5 Å². The first-order valence-electron chi connectivity index (χ1n) is 25.5. The van der Waals surface area contributed by atoms with E-state index in [1.165, 1.54) is 111 Å². The van der Waals surface area contributed by atoms with Gasteiger partial charge in [0.15, 0.2) is 0 Å². The molecule has 3 aliphatic rings. The van der Waals surface area contributed by atoms with Crippen molar-refractivity contribution in [3.05, 3.63) is 330 Å². The summed E-state index contributed by atoms with van der Waals surface area (Å²) in [7, 11) is 0. The number of hydrogen-bond acceptors (Lipinski definition) is 1. The fourth-order valence-electron chi connectivity index (χ4n) is 13.5. The zero-order valence-electron chi connectivity index (χ0n) is 40.1. The molecule has 0 N–H and O–H groups in total. The first-order chi connectivity index (χ1) is 36.2. The molecule has 0 radical (unpaired) electrons. The van der Waals surface area contributed by atoms with E-state index >= 15 is 0 Å². The van der Waals surface area contributed by atoms with E-state index in [1.54, 1.807) is 0 Å². The Morgan fingerprint density at radius 1 is 0.260 bits per heavy atom. The summed E-state index contributed by atoms with van der Waals surface area (Å²) in [4.78, 5) is 2.55. The topological polar surface area (TPSA) is 3.24 Å². The third-order valence-electron chi connectivity index (χ3n) is 16.3. The van der Waals surface area contributed by atoms with Crippen molar-refractivity contribution in [2.45, 2.75) is 10.8 Å². The summed E-state index contributed by atoms with van der Waals surface area (Å²) in [6, 6.07) is 107. The van der Waals surface area contributed by atoms with Crippen molar-refractivity contribution >= 4 is 27.8 Å². The molecule has 1 unspecified atom stereocenters. The van der Waals surface area contributed by atoms with Crippen LogP contribution in [0.15, 0.2) is 285 Å². The van der Waals surface area contributed by atoms with E-state index in [9.17, 15) is 0 Å². The number of hydrogen-bond donors (Lipinski definition) is 0. The molecule has 12 aromatic rings. The predicted octanol–water partition coefficient (Wildman–Crippen LogP) is 18.4. The van der Waals surface area contributed by atoms with Crippen LogP contribution in [0.25, 0.3) is 66.4 Å². The van der Waals surface area contributed by atoms with E-state index in [4.69, 9.17) is 0 Å². The molecule has 0 amide bonds. The first kappa shape index (κ1) is 41.5. The molecule has 0 aliphatic heterocycles. The molecule has 12 aromatic carbocycles. The smallest absolute Gasteiger partial charge is 0.0732 e. The van der Waals surface area contributed by atoms with E-state index in [2.05, 4.69) is 290 Å². The molecule has 0 aromatic heterocycles. The molecule has 3 aliphatic carbocycles. The minimum atomic E-state index is -0.651. The monoisotopic (exact) mass is 925 g/mol. The Bertz CT molecular complexity index is 4080. The van der Waals surface area contributed by atoms with Crippen LogP contribution < -0.4 is 4.90 Å². The minimum Gasteiger partial charge on any atom is -0.310 e. The fraction of sp³-hybridized carbons (Fsp3) is 0.0278. The Morgan fingerprint density at radius 3 is 1.38 bits per heavy atom. The maximum absolute atomic E-state index is 2.56. The normalized spacial score (nSPS) is 15.0. The molecule has 0 heterocycles. The second kappa shape index (κ2) is 16.1. The lowest BCUT2D eigenvalue weighted by molar-refractivity contribution is 0.768. The van der Waals surface area contributed by atoms with Crippen LogP contribution in [0.4, 0.5) is 17.1 Å². The number of nitrogens with zero attached hydrogens (tertiary/aromatic N) is 1. The van der Waals surface area contributed by atoms with Crippen LogP contribution in [0, 0.1) is 0 Å². The highest BCUT2D eigenvalue weighted by molar-refractivity contribution is 6.10. The van der Waals surface area contributed by atoms with Crippen molar-refractivity contribution in [2.75, 3.05) is 4.90 Å². The van der Waals surface area contributed by atoms with E-state index in [1.807, 2.05) is 0 Å². The van der Waals surface area contributed by atoms with Gasteiger partial charge < -0.3 is 4.90 Å². The molecule has 15 rings (SSSR count). The second-order valence-corrected chi connectivity index (χ2v) is 19.8. The molecule has 1 heteroatoms. The van der Waals surface area contributed by atoms with Crippen LogP contribution >= 0.6 is 0 Å². The summed E-state index contributed by atoms with van der Waals surface area (Å²) in [6.45, 7) is 0. The van der Waals surface area contributed by atoms with Gasteiger partial charge >= 0.3 is 0 Å². The largest absolute Gasteiger partial charge is 0.310 e. The minimum absolute atomic E-state index is 0.553. The third kappa shape index (κ3) is 5.79. The van der Waals surface area contributed by atoms with E-state index in [0.29, 0.717) is 0 Å². The van der Waals surface area contributed by atoms with Crippen molar-refractivity contribution in [3.63, 3.8) is 0 Å². The maximum atomic E-state index is 2.56. The van der Waals surface area contributed by atoms with Gasteiger partial charge in [-0.05, 0) is 136 Å². The van der Waals surface area contributed by atoms with Crippen molar-refractivity contribution in [1.29, 1.82) is 0 Å². The Labute approximate surface area is 426 Å². The summed E-state index contributed by atoms with van der Waals surface area (Å²) in [5, 5.41) is 2.57. The summed E-state index contributed by atoms with van der Waals surface area (Å²) in [6.07, 6.45) is 0. The Hall–Kier alpha value is -9.30. The highest BCUT2D eigenvalue weighted by Crippen LogP contribution is 2.65. The summed E-state index contributed by atoms with van der Waals surface area (Å²) in [5.74, 6) is 0. The van der Waals surface area contributed by atoms with E-state index in [-0.39, 0.29) is 0 Å². The van der Waals surface area contributed by atoms with Gasteiger partial charge in [-0.1, -0.05) is 255 Å². The van der Waals surface area contributed by atoms with Gasteiger partial charge in [-0.25, -0.2) is 0 Å². The van der Waals surface area contributed by atoms with Gasteiger partial charge in [0.25, 0.3) is 0 Å². The highest BCUT2D eigenvalue weighted by atomic mass is 15.1. The predicted molar refractivity (Wildman–Crippen MR) is 303 cm³/mol. The summed E-state index contributed by atoms with van der Waals surface area (Å²) >= 11 is 0. The quantitative estimate of drug-likeness (QED) is 0.154. The summed E-state index contributed by atoms with van der Waals surface area (Å²) < 4.78 is 0. The lowest BCUT2D eigenvalue weighted by Gasteiger charge is -2.42. The maximum Gasteiger partial charge on any atom is 0.0732 e. The lowest BCUT2D eigenvalue weighted by atomic mass is 9.60. The fourth-order valence-corrected chi connectivity index (χ4v) is 13.5. The first-order valence-corrected chi connectivity index (χ1v) is 25.5. The Balaban J connectivity index is 1.05. The average Bonchev–Trinajstić information content (AvgIpc) is 4.03. The van der Waals surface area contributed by atoms with Crippen molar-refractivity contribution in [1.82, 2.24) is 0 Å². The van der Waals surface area contributed by atoms with Crippen molar-refractivity contribution < 1.29 is 0 Å². The Morgan fingerprint density at radius 2 is 0.726 bits per heavy atom. The molecule has 0 saturated heterocycles. The van der Waals surface area contributed by atoms with Gasteiger partial charge in [0.1, 0.15) is 0 Å². The van der Waals surface area contributed by atoms with Crippen LogP contribution in [-0.4, -0.2) is 0 Å². The number of fused-ring (bicyclic) bond motifs is 12. The van der Waals surface area contributed by atoms with Gasteiger partial charge in [-0.3, -0.25) is 0 Å². The number of anilines is 3. The number of benzene rings is 12. The molecule has 1 atom stereocenters. The average molecular weight is 926 g/mol. The molecular weight excluding hydrogens is 879 g/mol. The van der Waals surface area contributed by atoms with Gasteiger partial charge in [0.05, 0.1) is 16.5 Å². The molecule has 0 bridgehead atoms. The molecule has 1 nitrogen and oxygen atoms in total. The molecular formula is C72H47N. The van der Waals surface area contributed by atoms with Crippen LogP contribution in [-0.2, 0) is 10.8 Å². The van der Waals surface area contributed by atoms with Crippen molar-refractivity contribution in [2.24, 2.45) is 0 Å². The molecule has 0 saturated carbocycles. The molecule has 0 fully saturated rings. The standard InChI is InChI=1S/C72H47N/c1-5-21-48(22-6-1)49-39-42-54(43-40-49)73(67-38-20-37-65-69(67)61-32-15-18-36-64(61)71(65,52-26-9-3-10-27-52)53-28-11-4-12-29-53)55-44-46-59-57-30-13-16-34-62(57)72(66(59)47-55)63-35-17-14-31-58(63)60-33-19-25-51-41-45-56(70(72)68(51)60)50-23-7-2-8-24-50/h1-47H. The van der Waals surface area contributed by atoms with Crippen LogP contribution in [0.2, 0.25) is 0 Å². The van der Waals surface area contributed by atoms with Gasteiger partial charge in [0, 0.05) is 16.9 Å². The van der Waals surface area contributed by atoms with E-state index < -0.39 is 10.8 Å². The molecule has 340 valence electrons.